The first kappa shape index (κ1) is 21.3. The zero-order valence-corrected chi connectivity index (χ0v) is 18.9. The van der Waals surface area contributed by atoms with Crippen molar-refractivity contribution in [3.05, 3.63) is 29.3 Å². The molecule has 2 aliphatic rings. The average Bonchev–Trinajstić information content (AvgIpc) is 2.98. The Morgan fingerprint density at radius 3 is 2.46 bits per heavy atom. The van der Waals surface area contributed by atoms with E-state index in [4.69, 9.17) is 26.7 Å². The van der Waals surface area contributed by atoms with E-state index in [1.54, 1.807) is 0 Å². The van der Waals surface area contributed by atoms with Gasteiger partial charge >= 0.3 is 0 Å². The van der Waals surface area contributed by atoms with E-state index in [1.807, 2.05) is 14.0 Å². The number of methoxy groups -OCH3 is 1. The predicted octanol–water partition coefficient (Wildman–Crippen LogP) is 5.17. The second-order valence-corrected chi connectivity index (χ2v) is 9.45. The maximum atomic E-state index is 6.05. The smallest absolute Gasteiger partial charge is 0.162 e. The molecule has 4 nitrogen and oxygen atoms in total. The first-order valence-electron chi connectivity index (χ1n) is 10.4. The lowest BCUT2D eigenvalue weighted by Crippen LogP contribution is -2.54. The van der Waals surface area contributed by atoms with Crippen LogP contribution in [-0.4, -0.2) is 30.5 Å². The van der Waals surface area contributed by atoms with Crippen molar-refractivity contribution in [2.24, 2.45) is 16.3 Å². The minimum absolute atomic E-state index is 0.0503. The molecule has 154 valence electrons. The zero-order chi connectivity index (χ0) is 20.5. The Labute approximate surface area is 175 Å². The van der Waals surface area contributed by atoms with Gasteiger partial charge in [0.05, 0.1) is 18.4 Å². The lowest BCUT2D eigenvalue weighted by molar-refractivity contribution is -0.00496. The fraction of sp³-hybridized carbons (Fsp3) is 0.652. The Morgan fingerprint density at radius 2 is 1.93 bits per heavy atom. The normalized spacial score (nSPS) is 30.3. The Kier molecular flexibility index (Phi) is 6.16. The third kappa shape index (κ3) is 3.84. The highest BCUT2D eigenvalue weighted by Crippen LogP contribution is 2.53. The topological polar surface area (TPSA) is 42.9 Å². The lowest BCUT2D eigenvalue weighted by Gasteiger charge is -2.49. The highest BCUT2D eigenvalue weighted by atomic mass is 32.1. The number of hydrogen-bond acceptors (Lipinski definition) is 4. The summed E-state index contributed by atoms with van der Waals surface area (Å²) in [6, 6.07) is 6.37. The van der Waals surface area contributed by atoms with Gasteiger partial charge in [-0.15, -0.1) is 0 Å². The molecule has 0 radical (unpaired) electrons. The van der Waals surface area contributed by atoms with Gasteiger partial charge in [0, 0.05) is 18.1 Å². The van der Waals surface area contributed by atoms with Gasteiger partial charge in [-0.05, 0) is 63.1 Å². The molecule has 0 spiro atoms. The molecule has 1 saturated carbocycles. The molecule has 0 aromatic heterocycles. The van der Waals surface area contributed by atoms with Crippen LogP contribution >= 0.6 is 12.2 Å². The van der Waals surface area contributed by atoms with Crippen LogP contribution in [0, 0.1) is 18.3 Å². The highest BCUT2D eigenvalue weighted by Gasteiger charge is 2.54. The van der Waals surface area contributed by atoms with Gasteiger partial charge in [-0.1, -0.05) is 39.1 Å². The summed E-state index contributed by atoms with van der Waals surface area (Å²) < 4.78 is 11.7. The number of aliphatic imine (C=N–C) groups is 1. The minimum atomic E-state index is -0.547. The van der Waals surface area contributed by atoms with Gasteiger partial charge in [-0.2, -0.15) is 0 Å². The van der Waals surface area contributed by atoms with E-state index in [-0.39, 0.29) is 5.41 Å². The third-order valence-electron chi connectivity index (χ3n) is 6.38. The van der Waals surface area contributed by atoms with Crippen LogP contribution < -0.4 is 10.1 Å². The number of ether oxygens (including phenoxy) is 2. The van der Waals surface area contributed by atoms with Crippen molar-refractivity contribution in [2.75, 3.05) is 13.7 Å². The van der Waals surface area contributed by atoms with Gasteiger partial charge in [0.15, 0.2) is 5.66 Å². The number of hydrogen-bond donors (Lipinski definition) is 1. The molecule has 1 atom stereocenters. The van der Waals surface area contributed by atoms with Crippen molar-refractivity contribution in [2.45, 2.75) is 72.1 Å². The number of thiocarbonyl (C=S) groups is 1. The number of nitrogens with one attached hydrogen (secondary N) is 1. The van der Waals surface area contributed by atoms with Crippen LogP contribution in [0.3, 0.4) is 0 Å². The number of nitrogens with zero attached hydrogens (tertiary/aromatic N) is 1. The molecule has 5 heteroatoms. The summed E-state index contributed by atoms with van der Waals surface area (Å²) in [5.74, 6) is 1.38. The molecular formula is C23H34N2O2S. The molecular weight excluding hydrogens is 368 g/mol. The Bertz CT molecular complexity index is 766. The van der Waals surface area contributed by atoms with E-state index in [0.29, 0.717) is 18.6 Å². The summed E-state index contributed by atoms with van der Waals surface area (Å²) in [6.45, 7) is 11.5. The summed E-state index contributed by atoms with van der Waals surface area (Å²) in [4.78, 5) is 5.94. The maximum Gasteiger partial charge on any atom is 0.162 e. The number of benzene rings is 1. The summed E-state index contributed by atoms with van der Waals surface area (Å²) in [5.41, 5.74) is 2.70. The maximum absolute atomic E-state index is 6.05. The molecule has 1 aromatic carbocycles. The van der Waals surface area contributed by atoms with Crippen molar-refractivity contribution in [3.8, 4) is 5.75 Å². The van der Waals surface area contributed by atoms with Crippen LogP contribution in [0.15, 0.2) is 23.2 Å². The van der Waals surface area contributed by atoms with E-state index in [0.717, 1.165) is 42.1 Å². The predicted molar refractivity (Wildman–Crippen MR) is 119 cm³/mol. The lowest BCUT2D eigenvalue weighted by atomic mass is 9.63. The molecule has 1 unspecified atom stereocenters. The minimum Gasteiger partial charge on any atom is -0.493 e. The van der Waals surface area contributed by atoms with E-state index >= 15 is 0 Å². The van der Waals surface area contributed by atoms with Crippen LogP contribution in [0.5, 0.6) is 5.75 Å². The molecule has 1 fully saturated rings. The zero-order valence-electron chi connectivity index (χ0n) is 18.1. The van der Waals surface area contributed by atoms with Gasteiger partial charge in [-0.3, -0.25) is 4.99 Å². The molecule has 3 rings (SSSR count). The second kappa shape index (κ2) is 8.11. The van der Waals surface area contributed by atoms with Crippen LogP contribution in [0.1, 0.15) is 64.5 Å². The Morgan fingerprint density at radius 1 is 1.25 bits per heavy atom. The van der Waals surface area contributed by atoms with Crippen LogP contribution in [0.4, 0.5) is 0 Å². The summed E-state index contributed by atoms with van der Waals surface area (Å²) >= 11 is 5.62. The van der Waals surface area contributed by atoms with E-state index in [9.17, 15) is 0 Å². The van der Waals surface area contributed by atoms with E-state index < -0.39 is 5.66 Å². The monoisotopic (exact) mass is 402 g/mol. The Hall–Kier alpha value is -1.46. The third-order valence-corrected chi connectivity index (χ3v) is 6.78. The van der Waals surface area contributed by atoms with Crippen molar-refractivity contribution in [1.82, 2.24) is 5.32 Å². The Balaban J connectivity index is 2.05. The van der Waals surface area contributed by atoms with Gasteiger partial charge < -0.3 is 14.8 Å². The molecule has 1 heterocycles. The SMILES string of the molecule is COC1CCC(C)(C2(c3cc(OCC(C)C)ccc3C)N=C(C)C(=S)N2)CC1. The van der Waals surface area contributed by atoms with Crippen LogP contribution in [0.2, 0.25) is 0 Å². The van der Waals surface area contributed by atoms with E-state index in [1.165, 1.54) is 11.1 Å². The molecule has 0 saturated heterocycles. The standard InChI is InChI=1S/C23H34N2O2S/c1-15(2)14-27-19-8-7-16(3)20(13-19)23(24-17(4)21(28)25-23)22(5)11-9-18(26-6)10-12-22/h7-8,13,15,18H,9-12,14H2,1-6H3,(H,25,28). The second-order valence-electron chi connectivity index (χ2n) is 9.04. The van der Waals surface area contributed by atoms with Crippen LogP contribution in [-0.2, 0) is 10.4 Å². The largest absolute Gasteiger partial charge is 0.493 e. The molecule has 0 bridgehead atoms. The van der Waals surface area contributed by atoms with E-state index in [2.05, 4.69) is 51.2 Å². The highest BCUT2D eigenvalue weighted by molar-refractivity contribution is 7.82. The molecule has 1 aliphatic heterocycles. The molecule has 1 aliphatic carbocycles. The number of aryl methyl sites for hydroxylation is 1. The first-order valence-corrected chi connectivity index (χ1v) is 10.8. The summed E-state index contributed by atoms with van der Waals surface area (Å²) in [6.07, 6.45) is 4.49. The molecule has 0 amide bonds. The molecule has 28 heavy (non-hydrogen) atoms. The van der Waals surface area contributed by atoms with Crippen molar-refractivity contribution < 1.29 is 9.47 Å². The quantitative estimate of drug-likeness (QED) is 0.667. The summed E-state index contributed by atoms with van der Waals surface area (Å²) in [5, 5.41) is 3.64. The van der Waals surface area contributed by atoms with Gasteiger partial charge in [-0.25, -0.2) is 0 Å². The van der Waals surface area contributed by atoms with Gasteiger partial charge in [0.25, 0.3) is 0 Å². The van der Waals surface area contributed by atoms with Gasteiger partial charge in [0.1, 0.15) is 10.7 Å². The molecule has 1 N–H and O–H groups in total. The fourth-order valence-electron chi connectivity index (χ4n) is 4.49. The van der Waals surface area contributed by atoms with Crippen molar-refractivity contribution in [1.29, 1.82) is 0 Å². The van der Waals surface area contributed by atoms with Crippen molar-refractivity contribution >= 4 is 22.9 Å². The molecule has 1 aromatic rings. The summed E-state index contributed by atoms with van der Waals surface area (Å²) in [7, 11) is 1.81. The average molecular weight is 403 g/mol. The van der Waals surface area contributed by atoms with Gasteiger partial charge in [0.2, 0.25) is 0 Å². The fourth-order valence-corrected chi connectivity index (χ4v) is 4.69. The first-order chi connectivity index (χ1) is 13.2. The number of rotatable bonds is 6. The van der Waals surface area contributed by atoms with Crippen molar-refractivity contribution in [3.63, 3.8) is 0 Å². The van der Waals surface area contributed by atoms with Crippen LogP contribution in [0.25, 0.3) is 0 Å².